The monoisotopic (exact) mass is 341 g/mol. The molecule has 102 valence electrons. The van der Waals surface area contributed by atoms with Crippen LogP contribution in [-0.4, -0.2) is 9.78 Å². The van der Waals surface area contributed by atoms with E-state index in [1.165, 1.54) is 5.56 Å². The minimum atomic E-state index is 0.746. The Morgan fingerprint density at radius 1 is 1.32 bits per heavy atom. The summed E-state index contributed by atoms with van der Waals surface area (Å²) in [6, 6.07) is 5.89. The first-order chi connectivity index (χ1) is 9.10. The first-order valence-electron chi connectivity index (χ1n) is 6.26. The molecule has 0 aliphatic rings. The van der Waals surface area contributed by atoms with E-state index in [2.05, 4.69) is 39.5 Å². The van der Waals surface area contributed by atoms with Crippen LogP contribution in [0.25, 0.3) is 0 Å². The van der Waals surface area contributed by atoms with Crippen LogP contribution < -0.4 is 5.32 Å². The molecule has 0 saturated heterocycles. The van der Waals surface area contributed by atoms with Gasteiger partial charge in [0.05, 0.1) is 5.69 Å². The fraction of sp³-hybridized carbons (Fsp3) is 0.357. The van der Waals surface area contributed by atoms with Crippen molar-refractivity contribution in [2.24, 2.45) is 7.05 Å². The minimum Gasteiger partial charge on any atom is -0.308 e. The predicted octanol–water partition coefficient (Wildman–Crippen LogP) is 3.69. The molecular formula is C14H17BrClN3. The number of nitrogens with zero attached hydrogens (tertiary/aromatic N) is 2. The summed E-state index contributed by atoms with van der Waals surface area (Å²) in [5, 5.41) is 8.63. The van der Waals surface area contributed by atoms with Crippen LogP contribution in [0.4, 0.5) is 0 Å². The van der Waals surface area contributed by atoms with Crippen LogP contribution in [0.15, 0.2) is 28.9 Å². The Balaban J connectivity index is 1.98. The molecule has 2 aromatic rings. The number of benzene rings is 1. The highest BCUT2D eigenvalue weighted by Gasteiger charge is 2.06. The summed E-state index contributed by atoms with van der Waals surface area (Å²) in [6.07, 6.45) is 3.02. The molecule has 1 aromatic carbocycles. The number of hydrogen-bond acceptors (Lipinski definition) is 2. The molecule has 1 heterocycles. The molecular weight excluding hydrogens is 326 g/mol. The van der Waals surface area contributed by atoms with E-state index in [4.69, 9.17) is 11.6 Å². The molecule has 0 aliphatic carbocycles. The molecule has 3 nitrogen and oxygen atoms in total. The average molecular weight is 343 g/mol. The van der Waals surface area contributed by atoms with E-state index in [-0.39, 0.29) is 0 Å². The van der Waals surface area contributed by atoms with Crippen LogP contribution in [0.2, 0.25) is 5.02 Å². The zero-order chi connectivity index (χ0) is 13.8. The number of nitrogens with one attached hydrogen (secondary N) is 1. The Bertz CT molecular complexity index is 566. The summed E-state index contributed by atoms with van der Waals surface area (Å²) in [5.41, 5.74) is 3.49. The second-order valence-corrected chi connectivity index (χ2v) is 5.79. The van der Waals surface area contributed by atoms with Gasteiger partial charge in [-0.3, -0.25) is 4.68 Å². The van der Waals surface area contributed by atoms with Crippen LogP contribution in [-0.2, 0) is 26.6 Å². The van der Waals surface area contributed by atoms with Gasteiger partial charge in [-0.25, -0.2) is 0 Å². The van der Waals surface area contributed by atoms with Crippen molar-refractivity contribution in [1.82, 2.24) is 15.1 Å². The standard InChI is InChI=1S/C14H17BrClN3/c1-3-14-11(9-19(2)18-14)8-17-7-10-6-12(15)4-5-13(10)16/h4-6,9,17H,3,7-8H2,1-2H3. The van der Waals surface area contributed by atoms with Crippen molar-refractivity contribution in [2.75, 3.05) is 0 Å². The number of aryl methyl sites for hydroxylation is 2. The number of rotatable bonds is 5. The van der Waals surface area contributed by atoms with Crippen molar-refractivity contribution in [1.29, 1.82) is 0 Å². The Hall–Kier alpha value is -0.840. The molecule has 0 atom stereocenters. The van der Waals surface area contributed by atoms with Crippen molar-refractivity contribution in [3.05, 3.63) is 50.7 Å². The van der Waals surface area contributed by atoms with E-state index in [0.717, 1.165) is 40.3 Å². The van der Waals surface area contributed by atoms with Crippen LogP contribution in [0.1, 0.15) is 23.7 Å². The maximum absolute atomic E-state index is 6.16. The zero-order valence-corrected chi connectivity index (χ0v) is 13.4. The quantitative estimate of drug-likeness (QED) is 0.898. The summed E-state index contributed by atoms with van der Waals surface area (Å²) >= 11 is 9.62. The third-order valence-corrected chi connectivity index (χ3v) is 3.83. The lowest BCUT2D eigenvalue weighted by Crippen LogP contribution is -2.13. The Morgan fingerprint density at radius 2 is 2.05 bits per heavy atom. The summed E-state index contributed by atoms with van der Waals surface area (Å²) in [6.45, 7) is 3.67. The van der Waals surface area contributed by atoms with E-state index in [9.17, 15) is 0 Å². The van der Waals surface area contributed by atoms with Gasteiger partial charge in [-0.05, 0) is 30.2 Å². The van der Waals surface area contributed by atoms with Crippen LogP contribution in [0.3, 0.4) is 0 Å². The lowest BCUT2D eigenvalue weighted by atomic mass is 10.2. The molecule has 0 amide bonds. The normalized spacial score (nSPS) is 10.9. The maximum Gasteiger partial charge on any atom is 0.0666 e. The molecule has 5 heteroatoms. The molecule has 2 rings (SSSR count). The molecule has 19 heavy (non-hydrogen) atoms. The highest BCUT2D eigenvalue weighted by atomic mass is 79.9. The third kappa shape index (κ3) is 3.81. The minimum absolute atomic E-state index is 0.746. The molecule has 0 unspecified atom stereocenters. The lowest BCUT2D eigenvalue weighted by Gasteiger charge is -2.07. The van der Waals surface area contributed by atoms with Crippen molar-refractivity contribution in [2.45, 2.75) is 26.4 Å². The van der Waals surface area contributed by atoms with Gasteiger partial charge >= 0.3 is 0 Å². The third-order valence-electron chi connectivity index (χ3n) is 2.97. The Labute approximate surface area is 127 Å². The van der Waals surface area contributed by atoms with Crippen molar-refractivity contribution in [3.63, 3.8) is 0 Å². The maximum atomic E-state index is 6.16. The summed E-state index contributed by atoms with van der Waals surface area (Å²) in [5.74, 6) is 0. The van der Waals surface area contributed by atoms with E-state index in [1.54, 1.807) is 0 Å². The SMILES string of the molecule is CCc1nn(C)cc1CNCc1cc(Br)ccc1Cl. The van der Waals surface area contributed by atoms with Crippen molar-refractivity contribution in [3.8, 4) is 0 Å². The second-order valence-electron chi connectivity index (χ2n) is 4.47. The van der Waals surface area contributed by atoms with Crippen molar-refractivity contribution < 1.29 is 0 Å². The number of halogens is 2. The van der Waals surface area contributed by atoms with Crippen LogP contribution in [0.5, 0.6) is 0 Å². The van der Waals surface area contributed by atoms with Crippen LogP contribution >= 0.6 is 27.5 Å². The van der Waals surface area contributed by atoms with Gasteiger partial charge < -0.3 is 5.32 Å². The van der Waals surface area contributed by atoms with Gasteiger partial charge in [0.2, 0.25) is 0 Å². The van der Waals surface area contributed by atoms with E-state index >= 15 is 0 Å². The van der Waals surface area contributed by atoms with Gasteiger partial charge in [0, 0.05) is 41.4 Å². The predicted molar refractivity (Wildman–Crippen MR) is 82.3 cm³/mol. The summed E-state index contributed by atoms with van der Waals surface area (Å²) in [4.78, 5) is 0. The average Bonchev–Trinajstić information content (AvgIpc) is 2.74. The van der Waals surface area contributed by atoms with Crippen molar-refractivity contribution >= 4 is 27.5 Å². The fourth-order valence-electron chi connectivity index (χ4n) is 2.04. The number of hydrogen-bond donors (Lipinski definition) is 1. The van der Waals surface area contributed by atoms with Gasteiger partial charge in [-0.1, -0.05) is 34.5 Å². The zero-order valence-electron chi connectivity index (χ0n) is 11.1. The topological polar surface area (TPSA) is 29.9 Å². The largest absolute Gasteiger partial charge is 0.308 e. The summed E-state index contributed by atoms with van der Waals surface area (Å²) < 4.78 is 2.91. The van der Waals surface area contributed by atoms with Gasteiger partial charge in [-0.15, -0.1) is 0 Å². The molecule has 1 N–H and O–H groups in total. The number of aromatic nitrogens is 2. The molecule has 0 aliphatic heterocycles. The second kappa shape index (κ2) is 6.55. The molecule has 0 radical (unpaired) electrons. The van der Waals surface area contributed by atoms with E-state index < -0.39 is 0 Å². The molecule has 1 aromatic heterocycles. The van der Waals surface area contributed by atoms with Gasteiger partial charge in [0.25, 0.3) is 0 Å². The van der Waals surface area contributed by atoms with E-state index in [1.807, 2.05) is 29.9 Å². The fourth-order valence-corrected chi connectivity index (χ4v) is 2.63. The van der Waals surface area contributed by atoms with E-state index in [0.29, 0.717) is 0 Å². The lowest BCUT2D eigenvalue weighted by molar-refractivity contribution is 0.688. The Kier molecular flexibility index (Phi) is 5.02. The molecule has 0 bridgehead atoms. The highest BCUT2D eigenvalue weighted by molar-refractivity contribution is 9.10. The van der Waals surface area contributed by atoms with Gasteiger partial charge in [-0.2, -0.15) is 5.10 Å². The smallest absolute Gasteiger partial charge is 0.0666 e. The first-order valence-corrected chi connectivity index (χ1v) is 7.43. The molecule has 0 saturated carbocycles. The summed E-state index contributed by atoms with van der Waals surface area (Å²) in [7, 11) is 1.95. The first kappa shape index (κ1) is 14.6. The Morgan fingerprint density at radius 3 is 2.79 bits per heavy atom. The highest BCUT2D eigenvalue weighted by Crippen LogP contribution is 2.21. The van der Waals surface area contributed by atoms with Gasteiger partial charge in [0.1, 0.15) is 0 Å². The van der Waals surface area contributed by atoms with Gasteiger partial charge in [0.15, 0.2) is 0 Å². The van der Waals surface area contributed by atoms with Crippen LogP contribution in [0, 0.1) is 0 Å². The molecule has 0 fully saturated rings. The molecule has 0 spiro atoms.